The number of likely N-dealkylation sites (tertiary alicyclic amines) is 1. The molecule has 2 atom stereocenters. The molecule has 1 aliphatic rings. The van der Waals surface area contributed by atoms with E-state index in [1.54, 1.807) is 16.9 Å². The zero-order chi connectivity index (χ0) is 18.0. The van der Waals surface area contributed by atoms with Crippen molar-refractivity contribution in [3.63, 3.8) is 0 Å². The number of hydrogen-bond acceptors (Lipinski definition) is 4. The van der Waals surface area contributed by atoms with Crippen LogP contribution in [0.5, 0.6) is 0 Å². The van der Waals surface area contributed by atoms with Gasteiger partial charge in [0.25, 0.3) is 5.91 Å². The van der Waals surface area contributed by atoms with Gasteiger partial charge in [0.15, 0.2) is 0 Å². The molecule has 3 rings (SSSR count). The van der Waals surface area contributed by atoms with E-state index in [-0.39, 0.29) is 11.9 Å². The number of likely N-dealkylation sites (N-methyl/N-ethyl adjacent to an activating group) is 1. The molecule has 25 heavy (non-hydrogen) atoms. The van der Waals surface area contributed by atoms with E-state index in [1.807, 2.05) is 61.2 Å². The molecular formula is C19H26N4O2. The van der Waals surface area contributed by atoms with Crippen LogP contribution in [-0.2, 0) is 12.1 Å². The summed E-state index contributed by atoms with van der Waals surface area (Å²) in [5.41, 5.74) is 0.538. The summed E-state index contributed by atoms with van der Waals surface area (Å²) in [7, 11) is 3.89. The molecule has 1 saturated heterocycles. The van der Waals surface area contributed by atoms with Crippen LogP contribution in [0.2, 0.25) is 0 Å². The molecule has 2 aromatic rings. The number of aryl methyl sites for hydroxylation is 1. The molecule has 1 amide bonds. The lowest BCUT2D eigenvalue weighted by atomic mass is 9.79. The normalized spacial score (nSPS) is 23.9. The maximum absolute atomic E-state index is 12.9. The van der Waals surface area contributed by atoms with Gasteiger partial charge in [0.05, 0.1) is 6.04 Å². The highest BCUT2D eigenvalue weighted by atomic mass is 16.3. The Labute approximate surface area is 148 Å². The average Bonchev–Trinajstić information content (AvgIpc) is 3.10. The van der Waals surface area contributed by atoms with Gasteiger partial charge in [-0.3, -0.25) is 9.48 Å². The summed E-state index contributed by atoms with van der Waals surface area (Å²) in [5, 5.41) is 15.6. The number of aromatic nitrogens is 2. The number of nitrogens with zero attached hydrogens (tertiary/aromatic N) is 4. The second-order valence-corrected chi connectivity index (χ2v) is 6.80. The number of hydrogen-bond donors (Lipinski definition) is 1. The largest absolute Gasteiger partial charge is 0.383 e. The molecule has 134 valence electrons. The van der Waals surface area contributed by atoms with Gasteiger partial charge in [0, 0.05) is 25.8 Å². The van der Waals surface area contributed by atoms with Crippen molar-refractivity contribution in [2.45, 2.75) is 31.5 Å². The van der Waals surface area contributed by atoms with Crippen LogP contribution in [0.1, 0.15) is 29.4 Å². The smallest absolute Gasteiger partial charge is 0.272 e. The summed E-state index contributed by atoms with van der Waals surface area (Å²) in [4.78, 5) is 16.7. The molecule has 1 aliphatic heterocycles. The van der Waals surface area contributed by atoms with E-state index in [9.17, 15) is 9.90 Å². The van der Waals surface area contributed by atoms with Gasteiger partial charge >= 0.3 is 0 Å². The number of amides is 1. The van der Waals surface area contributed by atoms with Crippen LogP contribution in [0.4, 0.5) is 0 Å². The van der Waals surface area contributed by atoms with E-state index in [4.69, 9.17) is 0 Å². The van der Waals surface area contributed by atoms with Crippen molar-refractivity contribution >= 4 is 5.91 Å². The minimum Gasteiger partial charge on any atom is -0.383 e. The Bertz CT molecular complexity index is 728. The first-order valence-electron chi connectivity index (χ1n) is 8.72. The Hall–Kier alpha value is -2.18. The highest BCUT2D eigenvalue weighted by molar-refractivity contribution is 5.92. The van der Waals surface area contributed by atoms with E-state index in [1.165, 1.54) is 0 Å². The zero-order valence-electron chi connectivity index (χ0n) is 15.1. The summed E-state index contributed by atoms with van der Waals surface area (Å²) < 4.78 is 1.71. The van der Waals surface area contributed by atoms with E-state index >= 15 is 0 Å². The molecule has 0 spiro atoms. The SMILES string of the molecule is CCn1nccc1C(=O)N1CCC(O)(c2ccccc2)C(N(C)C)C1. The fourth-order valence-electron chi connectivity index (χ4n) is 3.69. The summed E-state index contributed by atoms with van der Waals surface area (Å²) in [6, 6.07) is 11.3. The third-order valence-corrected chi connectivity index (χ3v) is 5.13. The van der Waals surface area contributed by atoms with Crippen LogP contribution in [0.3, 0.4) is 0 Å². The average molecular weight is 342 g/mol. The van der Waals surface area contributed by atoms with Gasteiger partial charge in [0.1, 0.15) is 11.3 Å². The third kappa shape index (κ3) is 3.19. The Balaban J connectivity index is 1.86. The Morgan fingerprint density at radius 3 is 2.68 bits per heavy atom. The zero-order valence-corrected chi connectivity index (χ0v) is 15.1. The van der Waals surface area contributed by atoms with E-state index in [0.29, 0.717) is 31.7 Å². The lowest BCUT2D eigenvalue weighted by molar-refractivity contribution is -0.0811. The van der Waals surface area contributed by atoms with Gasteiger partial charge in [-0.05, 0) is 39.1 Å². The van der Waals surface area contributed by atoms with Crippen LogP contribution in [0.15, 0.2) is 42.6 Å². The Morgan fingerprint density at radius 1 is 1.32 bits per heavy atom. The molecule has 0 aliphatic carbocycles. The fourth-order valence-corrected chi connectivity index (χ4v) is 3.69. The molecule has 2 heterocycles. The van der Waals surface area contributed by atoms with Crippen LogP contribution in [0.25, 0.3) is 0 Å². The van der Waals surface area contributed by atoms with Crippen molar-refractivity contribution < 1.29 is 9.90 Å². The fraction of sp³-hybridized carbons (Fsp3) is 0.474. The molecule has 1 aromatic carbocycles. The van der Waals surface area contributed by atoms with Crippen molar-refractivity contribution in [3.8, 4) is 0 Å². The van der Waals surface area contributed by atoms with Crippen molar-refractivity contribution in [2.24, 2.45) is 0 Å². The molecule has 0 saturated carbocycles. The van der Waals surface area contributed by atoms with Crippen molar-refractivity contribution in [2.75, 3.05) is 27.2 Å². The predicted octanol–water partition coefficient (Wildman–Crippen LogP) is 1.57. The maximum atomic E-state index is 12.9. The van der Waals surface area contributed by atoms with Gasteiger partial charge < -0.3 is 14.9 Å². The van der Waals surface area contributed by atoms with Crippen molar-refractivity contribution in [1.82, 2.24) is 19.6 Å². The van der Waals surface area contributed by atoms with Gasteiger partial charge in [-0.25, -0.2) is 0 Å². The molecule has 6 nitrogen and oxygen atoms in total. The summed E-state index contributed by atoms with van der Waals surface area (Å²) in [6.45, 7) is 3.62. The number of piperidine rings is 1. The van der Waals surface area contributed by atoms with Crippen LogP contribution in [0, 0.1) is 0 Å². The molecule has 6 heteroatoms. The lowest BCUT2D eigenvalue weighted by Gasteiger charge is -2.47. The van der Waals surface area contributed by atoms with Crippen LogP contribution in [-0.4, -0.2) is 63.8 Å². The van der Waals surface area contributed by atoms with E-state index in [0.717, 1.165) is 5.56 Å². The van der Waals surface area contributed by atoms with Crippen molar-refractivity contribution in [1.29, 1.82) is 0 Å². The highest BCUT2D eigenvalue weighted by Gasteiger charge is 2.45. The molecule has 2 unspecified atom stereocenters. The second kappa shape index (κ2) is 6.98. The molecule has 0 bridgehead atoms. The molecule has 0 radical (unpaired) electrons. The van der Waals surface area contributed by atoms with Gasteiger partial charge in [-0.1, -0.05) is 30.3 Å². The first-order valence-corrected chi connectivity index (χ1v) is 8.72. The third-order valence-electron chi connectivity index (χ3n) is 5.13. The maximum Gasteiger partial charge on any atom is 0.272 e. The number of aliphatic hydroxyl groups is 1. The van der Waals surface area contributed by atoms with Crippen LogP contribution < -0.4 is 0 Å². The molecule has 1 aromatic heterocycles. The monoisotopic (exact) mass is 342 g/mol. The number of carbonyl (C=O) groups excluding carboxylic acids is 1. The van der Waals surface area contributed by atoms with Crippen molar-refractivity contribution in [3.05, 3.63) is 53.9 Å². The molecular weight excluding hydrogens is 316 g/mol. The number of benzene rings is 1. The summed E-state index contributed by atoms with van der Waals surface area (Å²) in [6.07, 6.45) is 2.16. The van der Waals surface area contributed by atoms with E-state index in [2.05, 4.69) is 5.10 Å². The predicted molar refractivity (Wildman–Crippen MR) is 96.2 cm³/mol. The lowest BCUT2D eigenvalue weighted by Crippen LogP contribution is -2.60. The Kier molecular flexibility index (Phi) is 4.92. The van der Waals surface area contributed by atoms with Gasteiger partial charge in [-0.15, -0.1) is 0 Å². The minimum absolute atomic E-state index is 0.0266. The molecule has 1 fully saturated rings. The molecule has 1 N–H and O–H groups in total. The Morgan fingerprint density at radius 2 is 2.04 bits per heavy atom. The standard InChI is InChI=1S/C19H26N4O2/c1-4-23-16(10-12-20-23)18(24)22-13-11-19(25,17(14-22)21(2)3)15-8-6-5-7-9-15/h5-10,12,17,25H,4,11,13-14H2,1-3H3. The summed E-state index contributed by atoms with van der Waals surface area (Å²) in [5.74, 6) is -0.0266. The first-order chi connectivity index (χ1) is 12.0. The number of rotatable bonds is 4. The highest BCUT2D eigenvalue weighted by Crippen LogP contribution is 2.35. The van der Waals surface area contributed by atoms with E-state index < -0.39 is 5.60 Å². The quantitative estimate of drug-likeness (QED) is 0.916. The van der Waals surface area contributed by atoms with Gasteiger partial charge in [0.2, 0.25) is 0 Å². The second-order valence-electron chi connectivity index (χ2n) is 6.80. The topological polar surface area (TPSA) is 61.6 Å². The minimum atomic E-state index is -0.966. The van der Waals surface area contributed by atoms with Gasteiger partial charge in [-0.2, -0.15) is 5.10 Å². The van der Waals surface area contributed by atoms with Crippen LogP contribution >= 0.6 is 0 Å². The first kappa shape index (κ1) is 17.6. The number of carbonyl (C=O) groups is 1. The summed E-state index contributed by atoms with van der Waals surface area (Å²) >= 11 is 0.